The van der Waals surface area contributed by atoms with Crippen LogP contribution in [0.25, 0.3) is 66.6 Å². The van der Waals surface area contributed by atoms with E-state index in [0.717, 1.165) is 91.9 Å². The molecule has 0 radical (unpaired) electrons. The van der Waals surface area contributed by atoms with Crippen LogP contribution in [0.4, 0.5) is 11.4 Å². The maximum absolute atomic E-state index is 6.80. The Hall–Kier alpha value is -7.41. The van der Waals surface area contributed by atoms with Crippen molar-refractivity contribution in [3.8, 4) is 39.3 Å². The number of likely N-dealkylation sites (N-methyl/N-ethyl adjacent to an activating group) is 1. The van der Waals surface area contributed by atoms with Gasteiger partial charge in [-0.3, -0.25) is 0 Å². The minimum Gasteiger partial charge on any atom is -0.383 e. The highest BCUT2D eigenvalue weighted by molar-refractivity contribution is 6.12. The van der Waals surface area contributed by atoms with E-state index in [9.17, 15) is 0 Å². The van der Waals surface area contributed by atoms with E-state index >= 15 is 0 Å². The lowest BCUT2D eigenvalue weighted by atomic mass is 9.92. The SMILES string of the molecule is CN1C=CC(c2cc(-n3c4c(c5ccccc53)-c3ccccc3N(/C=C/C=C3/C=CC5=C(NCC=C5)C3N)c3ccccc3-4)cc(-c3ccc4ccccc4c3)n2)=CC1. The number of rotatable bonds is 5. The lowest BCUT2D eigenvalue weighted by Crippen LogP contribution is -2.36. The number of benzene rings is 5. The van der Waals surface area contributed by atoms with Crippen molar-refractivity contribution in [2.75, 3.05) is 25.0 Å². The van der Waals surface area contributed by atoms with E-state index < -0.39 is 0 Å². The minimum atomic E-state index is -0.214. The molecule has 0 amide bonds. The first-order chi connectivity index (χ1) is 29.1. The highest BCUT2D eigenvalue weighted by Gasteiger charge is 2.30. The summed E-state index contributed by atoms with van der Waals surface area (Å²) in [5.74, 6) is 0. The standard InChI is InChI=1S/C53H42N6/c1-57-30-26-36(27-31-57)45-33-41(34-46(56-45)40-25-22-35-12-2-3-13-39(35)32-40)59-49-21-9-5-17-43(49)50-42-16-4-7-19-47(42)58(48-20-8-6-18-44(48)53(50)59)29-11-15-37-23-24-38-14-10-28-55-52(38)51(37)54/h2-27,29-30,32-34,51,55H,28,31,54H2,1H3/b29-11+,37-15-. The summed E-state index contributed by atoms with van der Waals surface area (Å²) in [5.41, 5.74) is 23.2. The normalized spacial score (nSPS) is 17.6. The topological polar surface area (TPSA) is 62.3 Å². The van der Waals surface area contributed by atoms with Gasteiger partial charge in [-0.15, -0.1) is 0 Å². The van der Waals surface area contributed by atoms with E-state index in [1.165, 1.54) is 21.7 Å². The molecule has 3 aliphatic heterocycles. The molecule has 0 fully saturated rings. The number of nitrogens with one attached hydrogen (secondary N) is 1. The van der Waals surface area contributed by atoms with Crippen LogP contribution in [-0.4, -0.2) is 40.6 Å². The van der Waals surface area contributed by atoms with Crippen molar-refractivity contribution in [1.82, 2.24) is 19.8 Å². The number of allylic oxidation sites excluding steroid dienone is 7. The van der Waals surface area contributed by atoms with Crippen molar-refractivity contribution in [3.05, 3.63) is 211 Å². The van der Waals surface area contributed by atoms with Crippen LogP contribution in [0.2, 0.25) is 0 Å². The van der Waals surface area contributed by atoms with Gasteiger partial charge in [0, 0.05) is 59.7 Å². The summed E-state index contributed by atoms with van der Waals surface area (Å²) < 4.78 is 2.47. The lowest BCUT2D eigenvalue weighted by Gasteiger charge is -2.26. The molecule has 0 saturated heterocycles. The third kappa shape index (κ3) is 5.96. The van der Waals surface area contributed by atoms with Crippen LogP contribution in [0.5, 0.6) is 0 Å². The fourth-order valence-corrected chi connectivity index (χ4v) is 9.00. The number of fused-ring (bicyclic) bond motifs is 8. The molecule has 1 aliphatic carbocycles. The fourth-order valence-electron chi connectivity index (χ4n) is 9.00. The summed E-state index contributed by atoms with van der Waals surface area (Å²) >= 11 is 0. The quantitative estimate of drug-likeness (QED) is 0.183. The van der Waals surface area contributed by atoms with Crippen LogP contribution in [0.1, 0.15) is 5.69 Å². The largest absolute Gasteiger partial charge is 0.383 e. The Morgan fingerprint density at radius 1 is 0.746 bits per heavy atom. The van der Waals surface area contributed by atoms with Crippen molar-refractivity contribution in [2.24, 2.45) is 5.73 Å². The third-order valence-corrected chi connectivity index (χ3v) is 11.9. The lowest BCUT2D eigenvalue weighted by molar-refractivity contribution is 0.506. The van der Waals surface area contributed by atoms with Gasteiger partial charge < -0.3 is 25.4 Å². The van der Waals surface area contributed by atoms with Gasteiger partial charge in [-0.25, -0.2) is 4.98 Å². The number of aromatic nitrogens is 2. The summed E-state index contributed by atoms with van der Waals surface area (Å²) in [5, 5.41) is 7.08. The average molecular weight is 763 g/mol. The average Bonchev–Trinajstić information content (AvgIpc) is 3.58. The molecule has 6 nitrogen and oxygen atoms in total. The van der Waals surface area contributed by atoms with Gasteiger partial charge in [0.25, 0.3) is 0 Å². The first-order valence-corrected chi connectivity index (χ1v) is 20.3. The molecule has 284 valence electrons. The molecule has 5 heterocycles. The van der Waals surface area contributed by atoms with Gasteiger partial charge in [-0.2, -0.15) is 0 Å². The smallest absolute Gasteiger partial charge is 0.0730 e. The van der Waals surface area contributed by atoms with Crippen molar-refractivity contribution in [1.29, 1.82) is 0 Å². The Kier molecular flexibility index (Phi) is 8.38. The van der Waals surface area contributed by atoms with Crippen LogP contribution < -0.4 is 16.0 Å². The summed E-state index contributed by atoms with van der Waals surface area (Å²) in [6.45, 7) is 1.62. The van der Waals surface area contributed by atoms with Crippen molar-refractivity contribution >= 4 is 38.6 Å². The summed E-state index contributed by atoms with van der Waals surface area (Å²) in [7, 11) is 2.10. The van der Waals surface area contributed by atoms with Crippen LogP contribution in [0.15, 0.2) is 205 Å². The number of nitrogens with zero attached hydrogens (tertiary/aromatic N) is 4. The summed E-state index contributed by atoms with van der Waals surface area (Å²) in [6, 6.07) is 45.9. The molecule has 0 spiro atoms. The predicted molar refractivity (Wildman–Crippen MR) is 245 cm³/mol. The molecule has 7 aromatic rings. The van der Waals surface area contributed by atoms with Gasteiger partial charge in [0.15, 0.2) is 0 Å². The van der Waals surface area contributed by atoms with E-state index in [0.29, 0.717) is 0 Å². The number of nitrogens with two attached hydrogens (primary N) is 1. The summed E-state index contributed by atoms with van der Waals surface area (Å²) in [6.07, 6.45) is 21.6. The molecular formula is C53H42N6. The zero-order valence-corrected chi connectivity index (χ0v) is 32.8. The minimum absolute atomic E-state index is 0.214. The van der Waals surface area contributed by atoms with Crippen molar-refractivity contribution in [3.63, 3.8) is 0 Å². The summed E-state index contributed by atoms with van der Waals surface area (Å²) in [4.78, 5) is 9.89. The Morgan fingerprint density at radius 2 is 1.51 bits per heavy atom. The Morgan fingerprint density at radius 3 is 2.37 bits per heavy atom. The maximum atomic E-state index is 6.80. The van der Waals surface area contributed by atoms with E-state index in [2.05, 4.69) is 215 Å². The number of anilines is 2. The first-order valence-electron chi connectivity index (χ1n) is 20.3. The van der Waals surface area contributed by atoms with E-state index in [1.54, 1.807) is 0 Å². The molecule has 0 saturated carbocycles. The molecule has 6 heteroatoms. The fraction of sp³-hybridized carbons (Fsp3) is 0.0755. The number of dihydropyridines is 1. The van der Waals surface area contributed by atoms with Crippen LogP contribution >= 0.6 is 0 Å². The number of para-hydroxylation sites is 3. The molecule has 2 aromatic heterocycles. The number of hydrogen-bond acceptors (Lipinski definition) is 5. The van der Waals surface area contributed by atoms with E-state index in [-0.39, 0.29) is 6.04 Å². The Labute approximate surface area is 344 Å². The van der Waals surface area contributed by atoms with Gasteiger partial charge in [-0.1, -0.05) is 127 Å². The van der Waals surface area contributed by atoms with E-state index in [4.69, 9.17) is 10.7 Å². The highest BCUT2D eigenvalue weighted by atomic mass is 15.1. The molecular weight excluding hydrogens is 721 g/mol. The van der Waals surface area contributed by atoms with E-state index in [1.807, 2.05) is 0 Å². The second kappa shape index (κ2) is 14.2. The molecule has 1 unspecified atom stereocenters. The zero-order chi connectivity index (χ0) is 39.5. The second-order valence-electron chi connectivity index (χ2n) is 15.5. The van der Waals surface area contributed by atoms with Gasteiger partial charge in [0.05, 0.1) is 45.7 Å². The van der Waals surface area contributed by atoms with Crippen LogP contribution in [-0.2, 0) is 0 Å². The van der Waals surface area contributed by atoms with Gasteiger partial charge >= 0.3 is 0 Å². The van der Waals surface area contributed by atoms with Gasteiger partial charge in [0.1, 0.15) is 0 Å². The van der Waals surface area contributed by atoms with Crippen molar-refractivity contribution < 1.29 is 0 Å². The van der Waals surface area contributed by atoms with Gasteiger partial charge in [-0.05, 0) is 82.2 Å². The van der Waals surface area contributed by atoms with Crippen LogP contribution in [0.3, 0.4) is 0 Å². The Balaban J connectivity index is 1.12. The molecule has 5 aromatic carbocycles. The van der Waals surface area contributed by atoms with Crippen LogP contribution in [0, 0.1) is 0 Å². The zero-order valence-electron chi connectivity index (χ0n) is 32.8. The number of hydrogen-bond donors (Lipinski definition) is 2. The monoisotopic (exact) mass is 762 g/mol. The highest BCUT2D eigenvalue weighted by Crippen LogP contribution is 2.52. The third-order valence-electron chi connectivity index (χ3n) is 11.9. The predicted octanol–water partition coefficient (Wildman–Crippen LogP) is 11.2. The first kappa shape index (κ1) is 34.8. The maximum Gasteiger partial charge on any atom is 0.0730 e. The molecule has 3 N–H and O–H groups in total. The number of pyridine rings is 1. The molecule has 1 atom stereocenters. The second-order valence-corrected chi connectivity index (χ2v) is 15.5. The Bertz CT molecular complexity index is 3080. The molecule has 11 rings (SSSR count). The molecule has 59 heavy (non-hydrogen) atoms. The molecule has 0 bridgehead atoms. The molecule has 4 aliphatic rings. The van der Waals surface area contributed by atoms with Crippen molar-refractivity contribution in [2.45, 2.75) is 6.04 Å². The van der Waals surface area contributed by atoms with Gasteiger partial charge in [0.2, 0.25) is 0 Å².